The second-order valence-electron chi connectivity index (χ2n) is 15.9. The van der Waals surface area contributed by atoms with E-state index in [1.54, 1.807) is 0 Å². The SMILES string of the molecule is CC(=O)O[C@@H]1C[C@H]2[C@H]3CC[C@@]4(C)[C@@]5(C)CC(C)(C)CC[C@]5(C)CC[C@]4(C)[C@@H]3CC[C@]2(C)[C@H](C)C1=O. The van der Waals surface area contributed by atoms with E-state index in [4.69, 9.17) is 4.74 Å². The van der Waals surface area contributed by atoms with Crippen LogP contribution >= 0.6 is 0 Å². The van der Waals surface area contributed by atoms with Crippen molar-refractivity contribution in [2.75, 3.05) is 0 Å². The second-order valence-corrected chi connectivity index (χ2v) is 15.9. The molecule has 5 aliphatic rings. The first-order valence-corrected chi connectivity index (χ1v) is 14.7. The molecule has 0 N–H and O–H groups in total. The Morgan fingerprint density at radius 3 is 2.14 bits per heavy atom. The predicted octanol–water partition coefficient (Wildman–Crippen LogP) is 8.00. The van der Waals surface area contributed by atoms with Gasteiger partial charge in [0.05, 0.1) is 0 Å². The molecule has 0 radical (unpaired) electrons. The van der Waals surface area contributed by atoms with Crippen LogP contribution in [0.25, 0.3) is 0 Å². The Morgan fingerprint density at radius 1 is 0.829 bits per heavy atom. The third kappa shape index (κ3) is 3.20. The van der Waals surface area contributed by atoms with E-state index in [1.165, 1.54) is 58.3 Å². The van der Waals surface area contributed by atoms with Gasteiger partial charge in [0, 0.05) is 12.8 Å². The molecular weight excluding hydrogens is 432 g/mol. The molecule has 10 atom stereocenters. The van der Waals surface area contributed by atoms with Gasteiger partial charge in [-0.3, -0.25) is 9.59 Å². The Bertz CT molecular complexity index is 922. The number of Topliss-reactive ketones (excluding diaryl/α,β-unsaturated/α-hetero) is 1. The number of carbonyl (C=O) groups is 2. The van der Waals surface area contributed by atoms with Crippen molar-refractivity contribution in [1.29, 1.82) is 0 Å². The minimum Gasteiger partial charge on any atom is -0.455 e. The zero-order valence-electron chi connectivity index (χ0n) is 24.2. The molecule has 0 aromatic rings. The van der Waals surface area contributed by atoms with Gasteiger partial charge in [-0.15, -0.1) is 0 Å². The summed E-state index contributed by atoms with van der Waals surface area (Å²) in [5.74, 6) is 1.65. The molecule has 0 bridgehead atoms. The minimum absolute atomic E-state index is 0.0287. The zero-order chi connectivity index (χ0) is 25.8. The molecule has 0 spiro atoms. The molecule has 0 saturated heterocycles. The first-order valence-electron chi connectivity index (χ1n) is 14.7. The van der Waals surface area contributed by atoms with Gasteiger partial charge >= 0.3 is 5.97 Å². The fourth-order valence-electron chi connectivity index (χ4n) is 11.5. The maximum absolute atomic E-state index is 13.2. The van der Waals surface area contributed by atoms with Crippen LogP contribution in [-0.2, 0) is 14.3 Å². The van der Waals surface area contributed by atoms with Crippen LogP contribution in [0.5, 0.6) is 0 Å². The quantitative estimate of drug-likeness (QED) is 0.354. The minimum atomic E-state index is -0.535. The average Bonchev–Trinajstić information content (AvgIpc) is 2.76. The van der Waals surface area contributed by atoms with Crippen molar-refractivity contribution in [2.45, 2.75) is 133 Å². The summed E-state index contributed by atoms with van der Waals surface area (Å²) < 4.78 is 5.63. The van der Waals surface area contributed by atoms with Gasteiger partial charge in [0.15, 0.2) is 11.9 Å². The van der Waals surface area contributed by atoms with Crippen LogP contribution in [0.15, 0.2) is 0 Å². The normalized spacial score (nSPS) is 55.1. The summed E-state index contributed by atoms with van der Waals surface area (Å²) in [4.78, 5) is 25.1. The van der Waals surface area contributed by atoms with E-state index in [0.29, 0.717) is 44.8 Å². The average molecular weight is 485 g/mol. The molecule has 0 amide bonds. The highest BCUT2D eigenvalue weighted by molar-refractivity contribution is 5.88. The molecule has 5 rings (SSSR count). The number of hydrogen-bond acceptors (Lipinski definition) is 3. The number of carbonyl (C=O) groups excluding carboxylic acids is 2. The molecular formula is C32H52O3. The van der Waals surface area contributed by atoms with Gasteiger partial charge in [-0.1, -0.05) is 55.4 Å². The van der Waals surface area contributed by atoms with E-state index >= 15 is 0 Å². The molecule has 5 fully saturated rings. The highest BCUT2D eigenvalue weighted by atomic mass is 16.5. The largest absolute Gasteiger partial charge is 0.455 e. The molecule has 0 aromatic heterocycles. The number of ether oxygens (including phenoxy) is 1. The molecule has 0 heterocycles. The lowest BCUT2D eigenvalue weighted by Crippen LogP contribution is -2.69. The number of hydrogen-bond donors (Lipinski definition) is 0. The zero-order valence-corrected chi connectivity index (χ0v) is 24.2. The van der Waals surface area contributed by atoms with E-state index in [9.17, 15) is 9.59 Å². The maximum Gasteiger partial charge on any atom is 0.303 e. The fourth-order valence-corrected chi connectivity index (χ4v) is 11.5. The van der Waals surface area contributed by atoms with Gasteiger partial charge in [0.25, 0.3) is 0 Å². The molecule has 5 saturated carbocycles. The topological polar surface area (TPSA) is 43.4 Å². The van der Waals surface area contributed by atoms with Crippen molar-refractivity contribution in [2.24, 2.45) is 56.2 Å². The first kappa shape index (κ1) is 25.8. The summed E-state index contributed by atoms with van der Waals surface area (Å²) in [5.41, 5.74) is 1.94. The fraction of sp³-hybridized carbons (Fsp3) is 0.938. The standard InChI is InChI=1S/C32H52O3/c1-20-26(34)25(35-21(2)33)18-24-22-10-13-31(8)30(7,23(22)11-12-29(20,24)6)17-16-28(5)15-14-27(3,4)19-32(28,31)9/h20,22-25H,10-19H2,1-9H3/t20-,22+,23-,24+,25-,28-,29-,30-,31-,32+/m1/s1. The van der Waals surface area contributed by atoms with E-state index in [2.05, 4.69) is 55.4 Å². The van der Waals surface area contributed by atoms with Gasteiger partial charge < -0.3 is 4.74 Å². The van der Waals surface area contributed by atoms with Crippen molar-refractivity contribution in [3.63, 3.8) is 0 Å². The molecule has 0 aliphatic heterocycles. The van der Waals surface area contributed by atoms with Gasteiger partial charge in [0.2, 0.25) is 0 Å². The molecule has 5 aliphatic carbocycles. The Hall–Kier alpha value is -0.860. The second kappa shape index (κ2) is 7.59. The summed E-state index contributed by atoms with van der Waals surface area (Å²) in [5, 5.41) is 0. The summed E-state index contributed by atoms with van der Waals surface area (Å²) in [6, 6.07) is 0. The van der Waals surface area contributed by atoms with Crippen LogP contribution in [0.3, 0.4) is 0 Å². The Kier molecular flexibility index (Phi) is 5.59. The number of ketones is 1. The van der Waals surface area contributed by atoms with Crippen molar-refractivity contribution < 1.29 is 14.3 Å². The Morgan fingerprint density at radius 2 is 1.49 bits per heavy atom. The molecule has 3 heteroatoms. The van der Waals surface area contributed by atoms with Gasteiger partial charge in [-0.25, -0.2) is 0 Å². The molecule has 0 unspecified atom stereocenters. The van der Waals surface area contributed by atoms with Crippen LogP contribution < -0.4 is 0 Å². The van der Waals surface area contributed by atoms with E-state index in [0.717, 1.165) is 12.8 Å². The van der Waals surface area contributed by atoms with Crippen LogP contribution in [0.4, 0.5) is 0 Å². The van der Waals surface area contributed by atoms with E-state index in [1.807, 2.05) is 0 Å². The number of esters is 1. The monoisotopic (exact) mass is 484 g/mol. The lowest BCUT2D eigenvalue weighted by Gasteiger charge is -2.76. The van der Waals surface area contributed by atoms with E-state index < -0.39 is 6.10 Å². The predicted molar refractivity (Wildman–Crippen MR) is 141 cm³/mol. The van der Waals surface area contributed by atoms with Crippen LogP contribution in [0.2, 0.25) is 0 Å². The molecule has 3 nitrogen and oxygen atoms in total. The number of fused-ring (bicyclic) bond motifs is 7. The summed E-state index contributed by atoms with van der Waals surface area (Å²) in [7, 11) is 0. The highest BCUT2D eigenvalue weighted by Crippen LogP contribution is 2.79. The smallest absolute Gasteiger partial charge is 0.303 e. The molecule has 198 valence electrons. The summed E-state index contributed by atoms with van der Waals surface area (Å²) >= 11 is 0. The third-order valence-electron chi connectivity index (χ3n) is 14.4. The lowest BCUT2D eigenvalue weighted by atomic mass is 9.28. The Labute approximate surface area is 214 Å². The van der Waals surface area contributed by atoms with Crippen LogP contribution in [-0.4, -0.2) is 17.9 Å². The van der Waals surface area contributed by atoms with Crippen molar-refractivity contribution in [1.82, 2.24) is 0 Å². The van der Waals surface area contributed by atoms with Gasteiger partial charge in [-0.05, 0) is 114 Å². The summed E-state index contributed by atoms with van der Waals surface area (Å²) in [6.45, 7) is 21.7. The maximum atomic E-state index is 13.2. The molecule has 35 heavy (non-hydrogen) atoms. The number of rotatable bonds is 1. The Balaban J connectivity index is 1.52. The van der Waals surface area contributed by atoms with Crippen molar-refractivity contribution in [3.05, 3.63) is 0 Å². The lowest BCUT2D eigenvalue weighted by molar-refractivity contribution is -0.272. The van der Waals surface area contributed by atoms with Crippen molar-refractivity contribution in [3.8, 4) is 0 Å². The van der Waals surface area contributed by atoms with Crippen LogP contribution in [0.1, 0.15) is 127 Å². The van der Waals surface area contributed by atoms with E-state index in [-0.39, 0.29) is 23.1 Å². The molecule has 0 aromatic carbocycles. The highest BCUT2D eigenvalue weighted by Gasteiger charge is 2.72. The third-order valence-corrected chi connectivity index (χ3v) is 14.4. The van der Waals surface area contributed by atoms with Gasteiger partial charge in [-0.2, -0.15) is 0 Å². The first-order chi connectivity index (χ1) is 16.0. The van der Waals surface area contributed by atoms with Gasteiger partial charge in [0.1, 0.15) is 0 Å². The summed E-state index contributed by atoms with van der Waals surface area (Å²) in [6.07, 6.45) is 12.0. The van der Waals surface area contributed by atoms with Crippen LogP contribution in [0, 0.1) is 56.2 Å². The van der Waals surface area contributed by atoms with Crippen molar-refractivity contribution >= 4 is 11.8 Å².